The van der Waals surface area contributed by atoms with Gasteiger partial charge in [0.1, 0.15) is 5.82 Å². The molecule has 3 rings (SSSR count). The summed E-state index contributed by atoms with van der Waals surface area (Å²) in [5, 5.41) is 9.54. The molecule has 0 bridgehead atoms. The highest BCUT2D eigenvalue weighted by molar-refractivity contribution is 5.73. The van der Waals surface area contributed by atoms with E-state index in [1.165, 1.54) is 0 Å². The van der Waals surface area contributed by atoms with E-state index in [1.54, 1.807) is 12.4 Å². The lowest BCUT2D eigenvalue weighted by molar-refractivity contribution is -0.141. The average Bonchev–Trinajstić information content (AvgIpc) is 2.96. The van der Waals surface area contributed by atoms with Crippen molar-refractivity contribution in [3.05, 3.63) is 47.7 Å². The van der Waals surface area contributed by atoms with Gasteiger partial charge >= 0.3 is 5.97 Å². The molecule has 1 aliphatic heterocycles. The fraction of sp³-hybridized carbons (Fsp3) is 0.375. The van der Waals surface area contributed by atoms with E-state index in [0.29, 0.717) is 13.1 Å². The van der Waals surface area contributed by atoms with Crippen LogP contribution in [0, 0.1) is 19.8 Å². The van der Waals surface area contributed by atoms with Gasteiger partial charge < -0.3 is 10.0 Å². The second kappa shape index (κ2) is 5.71. The maximum absolute atomic E-state index is 11.6. The second-order valence-corrected chi connectivity index (χ2v) is 5.63. The number of carboxylic acid groups (broad SMARTS) is 1. The first kappa shape index (κ1) is 14.4. The smallest absolute Gasteiger partial charge is 0.309 e. The zero-order valence-corrected chi connectivity index (χ0v) is 12.6. The molecule has 0 aromatic carbocycles. The molecule has 114 valence electrons. The molecule has 0 aliphatic carbocycles. The second-order valence-electron chi connectivity index (χ2n) is 5.63. The molecular weight excluding hydrogens is 280 g/mol. The van der Waals surface area contributed by atoms with Crippen molar-refractivity contribution in [3.8, 4) is 0 Å². The number of hydrogen-bond donors (Lipinski definition) is 1. The lowest BCUT2D eigenvalue weighted by Gasteiger charge is -2.19. The molecule has 2 aromatic rings. The van der Waals surface area contributed by atoms with E-state index >= 15 is 0 Å². The molecule has 0 amide bonds. The maximum atomic E-state index is 11.6. The Morgan fingerprint density at radius 3 is 2.77 bits per heavy atom. The third-order valence-corrected chi connectivity index (χ3v) is 4.06. The highest BCUT2D eigenvalue weighted by atomic mass is 16.4. The maximum Gasteiger partial charge on any atom is 0.309 e. The van der Waals surface area contributed by atoms with Crippen molar-refractivity contribution < 1.29 is 9.90 Å². The normalized spacial score (nSPS) is 21.1. The Balaban J connectivity index is 1.94. The molecule has 6 nitrogen and oxygen atoms in total. The Morgan fingerprint density at radius 2 is 2.09 bits per heavy atom. The Hall–Kier alpha value is -2.50. The zero-order valence-electron chi connectivity index (χ0n) is 12.6. The van der Waals surface area contributed by atoms with Crippen LogP contribution in [-0.4, -0.2) is 39.1 Å². The van der Waals surface area contributed by atoms with E-state index in [1.807, 2.05) is 36.9 Å². The summed E-state index contributed by atoms with van der Waals surface area (Å²) < 4.78 is 0. The minimum absolute atomic E-state index is 0.139. The minimum atomic E-state index is -0.795. The Kier molecular flexibility index (Phi) is 3.75. The molecule has 0 saturated carbocycles. The topological polar surface area (TPSA) is 79.2 Å². The van der Waals surface area contributed by atoms with E-state index in [4.69, 9.17) is 0 Å². The third-order valence-electron chi connectivity index (χ3n) is 4.06. The van der Waals surface area contributed by atoms with Crippen molar-refractivity contribution in [2.45, 2.75) is 19.8 Å². The van der Waals surface area contributed by atoms with E-state index in [0.717, 1.165) is 22.9 Å². The quantitative estimate of drug-likeness (QED) is 0.930. The van der Waals surface area contributed by atoms with Gasteiger partial charge in [0.05, 0.1) is 17.3 Å². The molecule has 1 aliphatic rings. The SMILES string of the molecule is Cc1cnc(C)c(N2C[C@@H](C(=O)O)[C@H](c3ccccn3)C2)n1. The predicted octanol–water partition coefficient (Wildman–Crippen LogP) is 1.79. The van der Waals surface area contributed by atoms with Crippen molar-refractivity contribution in [1.29, 1.82) is 0 Å². The van der Waals surface area contributed by atoms with Crippen LogP contribution < -0.4 is 4.90 Å². The van der Waals surface area contributed by atoms with Crippen molar-refractivity contribution in [2.75, 3.05) is 18.0 Å². The van der Waals surface area contributed by atoms with Crippen LogP contribution in [0.4, 0.5) is 5.82 Å². The van der Waals surface area contributed by atoms with Gasteiger partial charge in [0.25, 0.3) is 0 Å². The van der Waals surface area contributed by atoms with Gasteiger partial charge in [-0.25, -0.2) is 4.98 Å². The van der Waals surface area contributed by atoms with E-state index in [-0.39, 0.29) is 5.92 Å². The number of aryl methyl sites for hydroxylation is 2. The number of nitrogens with zero attached hydrogens (tertiary/aromatic N) is 4. The Bertz CT molecular complexity index is 690. The van der Waals surface area contributed by atoms with Gasteiger partial charge in [-0.3, -0.25) is 14.8 Å². The summed E-state index contributed by atoms with van der Waals surface area (Å²) in [6.07, 6.45) is 3.43. The first-order valence-electron chi connectivity index (χ1n) is 7.25. The van der Waals surface area contributed by atoms with Gasteiger partial charge in [0.2, 0.25) is 0 Å². The van der Waals surface area contributed by atoms with Gasteiger partial charge in [-0.15, -0.1) is 0 Å². The lowest BCUT2D eigenvalue weighted by Crippen LogP contribution is -2.24. The Labute approximate surface area is 128 Å². The van der Waals surface area contributed by atoms with Gasteiger partial charge in [-0.1, -0.05) is 6.07 Å². The highest BCUT2D eigenvalue weighted by Gasteiger charge is 2.40. The molecule has 0 radical (unpaired) electrons. The molecule has 2 atom stereocenters. The third kappa shape index (κ3) is 2.64. The molecule has 6 heteroatoms. The van der Waals surface area contributed by atoms with Gasteiger partial charge in [-0.05, 0) is 26.0 Å². The van der Waals surface area contributed by atoms with Crippen LogP contribution >= 0.6 is 0 Å². The number of hydrogen-bond acceptors (Lipinski definition) is 5. The highest BCUT2D eigenvalue weighted by Crippen LogP contribution is 2.34. The number of aromatic nitrogens is 3. The molecule has 1 saturated heterocycles. The summed E-state index contributed by atoms with van der Waals surface area (Å²) >= 11 is 0. The fourth-order valence-corrected chi connectivity index (χ4v) is 2.95. The zero-order chi connectivity index (χ0) is 15.7. The van der Waals surface area contributed by atoms with Crippen LogP contribution in [-0.2, 0) is 4.79 Å². The number of pyridine rings is 1. The van der Waals surface area contributed by atoms with Crippen LogP contribution in [0.15, 0.2) is 30.6 Å². The molecule has 1 fully saturated rings. The number of rotatable bonds is 3. The minimum Gasteiger partial charge on any atom is -0.481 e. The predicted molar refractivity (Wildman–Crippen MR) is 81.8 cm³/mol. The summed E-state index contributed by atoms with van der Waals surface area (Å²) in [6.45, 7) is 4.80. The van der Waals surface area contributed by atoms with Crippen LogP contribution in [0.25, 0.3) is 0 Å². The summed E-state index contributed by atoms with van der Waals surface area (Å²) in [4.78, 5) is 26.8. The monoisotopic (exact) mass is 298 g/mol. The van der Waals surface area contributed by atoms with E-state index in [9.17, 15) is 9.90 Å². The summed E-state index contributed by atoms with van der Waals surface area (Å²) in [7, 11) is 0. The molecule has 3 heterocycles. The van der Waals surface area contributed by atoms with Crippen molar-refractivity contribution >= 4 is 11.8 Å². The van der Waals surface area contributed by atoms with Gasteiger partial charge in [0.15, 0.2) is 0 Å². The van der Waals surface area contributed by atoms with Crippen LogP contribution in [0.5, 0.6) is 0 Å². The first-order valence-corrected chi connectivity index (χ1v) is 7.25. The number of carbonyl (C=O) groups is 1. The average molecular weight is 298 g/mol. The van der Waals surface area contributed by atoms with Crippen LogP contribution in [0.2, 0.25) is 0 Å². The Morgan fingerprint density at radius 1 is 1.27 bits per heavy atom. The first-order chi connectivity index (χ1) is 10.6. The summed E-state index contributed by atoms with van der Waals surface area (Å²) in [6, 6.07) is 5.61. The standard InChI is InChI=1S/C16H18N4O2/c1-10-7-18-11(2)15(19-10)20-8-12(13(9-20)16(21)22)14-5-3-4-6-17-14/h3-7,12-13H,8-9H2,1-2H3,(H,21,22)/t12-,13-/m1/s1. The van der Waals surface area contributed by atoms with Crippen LogP contribution in [0.3, 0.4) is 0 Å². The van der Waals surface area contributed by atoms with E-state index < -0.39 is 11.9 Å². The van der Waals surface area contributed by atoms with Gasteiger partial charge in [-0.2, -0.15) is 0 Å². The number of carboxylic acids is 1. The molecule has 22 heavy (non-hydrogen) atoms. The largest absolute Gasteiger partial charge is 0.481 e. The van der Waals surface area contributed by atoms with Crippen molar-refractivity contribution in [1.82, 2.24) is 15.0 Å². The molecular formula is C16H18N4O2. The molecule has 0 unspecified atom stereocenters. The van der Waals surface area contributed by atoms with E-state index in [2.05, 4.69) is 15.0 Å². The number of anilines is 1. The molecule has 2 aromatic heterocycles. The van der Waals surface area contributed by atoms with Crippen LogP contribution in [0.1, 0.15) is 23.0 Å². The molecule has 0 spiro atoms. The lowest BCUT2D eigenvalue weighted by atomic mass is 9.93. The molecule has 1 N–H and O–H groups in total. The summed E-state index contributed by atoms with van der Waals surface area (Å²) in [5.41, 5.74) is 2.46. The number of aliphatic carboxylic acids is 1. The van der Waals surface area contributed by atoms with Crippen molar-refractivity contribution in [3.63, 3.8) is 0 Å². The fourth-order valence-electron chi connectivity index (χ4n) is 2.95. The summed E-state index contributed by atoms with van der Waals surface area (Å²) in [5.74, 6) is -0.655. The van der Waals surface area contributed by atoms with Crippen molar-refractivity contribution in [2.24, 2.45) is 5.92 Å². The van der Waals surface area contributed by atoms with Gasteiger partial charge in [0, 0.05) is 37.1 Å².